The van der Waals surface area contributed by atoms with E-state index in [1.54, 1.807) is 0 Å². The number of rotatable bonds is 3. The van der Waals surface area contributed by atoms with E-state index < -0.39 is 8.07 Å². The molecule has 8 aromatic rings. The van der Waals surface area contributed by atoms with Gasteiger partial charge in [0.15, 0.2) is 5.82 Å². The van der Waals surface area contributed by atoms with Crippen LogP contribution in [0.5, 0.6) is 0 Å². The van der Waals surface area contributed by atoms with Crippen molar-refractivity contribution in [2.45, 2.75) is 32.4 Å². The third-order valence-electron chi connectivity index (χ3n) is 11.2. The van der Waals surface area contributed by atoms with Crippen molar-refractivity contribution in [1.82, 2.24) is 14.5 Å². The molecule has 0 bridgehead atoms. The molecule has 2 aliphatic rings. The van der Waals surface area contributed by atoms with E-state index in [2.05, 4.69) is 171 Å². The van der Waals surface area contributed by atoms with Crippen molar-refractivity contribution in [3.63, 3.8) is 0 Å². The molecule has 0 radical (unpaired) electrons. The van der Waals surface area contributed by atoms with Gasteiger partial charge in [0.1, 0.15) is 8.07 Å². The third-order valence-corrected chi connectivity index (χ3v) is 14.5. The monoisotopic (exact) mass is 645 g/mol. The minimum Gasteiger partial charge on any atom is -0.309 e. The average molecular weight is 646 g/mol. The largest absolute Gasteiger partial charge is 0.309 e. The Hall–Kier alpha value is -5.58. The predicted molar refractivity (Wildman–Crippen MR) is 207 cm³/mol. The highest BCUT2D eigenvalue weighted by atomic mass is 28.3. The number of fused-ring (bicyclic) bond motifs is 9. The SMILES string of the molecule is CC1(C)c2ccccc2-c2cc3c4ccccc4n(-c4ccccc4-c4nc(-c5ccccc5)nc5c4-c4ccccc4[Si]5(C)C)c3cc21. The molecule has 234 valence electrons. The van der Waals surface area contributed by atoms with Gasteiger partial charge in [-0.2, -0.15) is 0 Å². The van der Waals surface area contributed by atoms with Gasteiger partial charge in [0, 0.05) is 38.2 Å². The number of nitrogens with zero attached hydrogens (tertiary/aromatic N) is 3. The molecule has 6 aromatic carbocycles. The summed E-state index contributed by atoms with van der Waals surface area (Å²) in [5.41, 5.74) is 14.5. The zero-order valence-electron chi connectivity index (χ0n) is 28.1. The Bertz CT molecular complexity index is 2660. The lowest BCUT2D eigenvalue weighted by atomic mass is 9.82. The molecule has 1 aliphatic carbocycles. The lowest BCUT2D eigenvalue weighted by molar-refractivity contribution is 0.661. The van der Waals surface area contributed by atoms with Crippen LogP contribution in [-0.4, -0.2) is 22.6 Å². The summed E-state index contributed by atoms with van der Waals surface area (Å²) in [4.78, 5) is 10.9. The quantitative estimate of drug-likeness (QED) is 0.179. The van der Waals surface area contributed by atoms with Crippen molar-refractivity contribution < 1.29 is 0 Å². The fraction of sp³-hybridized carbons (Fsp3) is 0.111. The molecule has 3 heterocycles. The smallest absolute Gasteiger partial charge is 0.159 e. The average Bonchev–Trinajstić information content (AvgIpc) is 3.67. The molecule has 10 rings (SSSR count). The van der Waals surface area contributed by atoms with Crippen molar-refractivity contribution in [2.75, 3.05) is 0 Å². The van der Waals surface area contributed by atoms with Crippen LogP contribution in [0, 0.1) is 0 Å². The van der Waals surface area contributed by atoms with Gasteiger partial charge in [0.2, 0.25) is 0 Å². The Morgan fingerprint density at radius 2 is 1.22 bits per heavy atom. The van der Waals surface area contributed by atoms with Gasteiger partial charge in [0.05, 0.1) is 22.4 Å². The molecule has 0 spiro atoms. The molecule has 0 saturated heterocycles. The highest BCUT2D eigenvalue weighted by Gasteiger charge is 2.42. The Kier molecular flexibility index (Phi) is 5.79. The molecular formula is C45H35N3Si. The topological polar surface area (TPSA) is 30.7 Å². The van der Waals surface area contributed by atoms with Crippen molar-refractivity contribution in [1.29, 1.82) is 0 Å². The molecule has 2 aromatic heterocycles. The first-order valence-electron chi connectivity index (χ1n) is 17.2. The molecule has 0 N–H and O–H groups in total. The first-order valence-corrected chi connectivity index (χ1v) is 20.2. The summed E-state index contributed by atoms with van der Waals surface area (Å²) in [7, 11) is -2.10. The fourth-order valence-corrected chi connectivity index (χ4v) is 11.7. The zero-order valence-corrected chi connectivity index (χ0v) is 29.1. The number of para-hydroxylation sites is 2. The minimum absolute atomic E-state index is 0.0983. The van der Waals surface area contributed by atoms with Gasteiger partial charge in [-0.05, 0) is 57.3 Å². The van der Waals surface area contributed by atoms with E-state index >= 15 is 0 Å². The van der Waals surface area contributed by atoms with Gasteiger partial charge >= 0.3 is 0 Å². The van der Waals surface area contributed by atoms with Crippen LogP contribution < -0.4 is 10.5 Å². The maximum Gasteiger partial charge on any atom is 0.159 e. The van der Waals surface area contributed by atoms with E-state index in [-0.39, 0.29) is 5.41 Å². The van der Waals surface area contributed by atoms with Crippen molar-refractivity contribution in [3.8, 4) is 50.6 Å². The highest BCUT2D eigenvalue weighted by molar-refractivity contribution is 7.03. The first-order chi connectivity index (χ1) is 23.8. The molecule has 0 unspecified atom stereocenters. The van der Waals surface area contributed by atoms with Crippen molar-refractivity contribution in [2.24, 2.45) is 0 Å². The summed E-state index contributed by atoms with van der Waals surface area (Å²) in [6.45, 7) is 9.59. The second kappa shape index (κ2) is 9.97. The molecular weight excluding hydrogens is 611 g/mol. The molecule has 0 fully saturated rings. The van der Waals surface area contributed by atoms with Crippen LogP contribution in [0.3, 0.4) is 0 Å². The Balaban J connectivity index is 1.31. The molecule has 0 amide bonds. The molecule has 4 heteroatoms. The summed E-state index contributed by atoms with van der Waals surface area (Å²) in [5.74, 6) is 0.789. The van der Waals surface area contributed by atoms with Gasteiger partial charge in [-0.15, -0.1) is 0 Å². The van der Waals surface area contributed by atoms with Crippen LogP contribution in [0.1, 0.15) is 25.0 Å². The Morgan fingerprint density at radius 1 is 0.551 bits per heavy atom. The van der Waals surface area contributed by atoms with Crippen LogP contribution >= 0.6 is 0 Å². The number of hydrogen-bond donors (Lipinski definition) is 0. The standard InChI is InChI=1S/C45H35N3Si/c1-45(2)35-22-12-8-18-29(35)33-26-34-30-19-9-13-23-37(30)48(39(34)27-36(33)45)38-24-14-10-20-31(38)42-41-32-21-11-15-25-40(32)49(3,4)44(41)47-43(46-42)28-16-6-5-7-17-28/h5-27H,1-4H3. The van der Waals surface area contributed by atoms with Crippen LogP contribution in [0.2, 0.25) is 13.1 Å². The molecule has 1 aliphatic heterocycles. The van der Waals surface area contributed by atoms with Crippen LogP contribution in [-0.2, 0) is 5.41 Å². The maximum absolute atomic E-state index is 5.49. The van der Waals surface area contributed by atoms with Crippen LogP contribution in [0.25, 0.3) is 72.4 Å². The Labute approximate surface area is 287 Å². The lowest BCUT2D eigenvalue weighted by Gasteiger charge is -2.22. The maximum atomic E-state index is 5.49. The summed E-state index contributed by atoms with van der Waals surface area (Å²) in [5, 5.41) is 5.17. The van der Waals surface area contributed by atoms with E-state index in [1.165, 1.54) is 65.7 Å². The third kappa shape index (κ3) is 3.83. The zero-order chi connectivity index (χ0) is 33.1. The summed E-state index contributed by atoms with van der Waals surface area (Å²) < 4.78 is 2.49. The second-order valence-corrected chi connectivity index (χ2v) is 18.9. The number of benzene rings is 6. The molecule has 3 nitrogen and oxygen atoms in total. The summed E-state index contributed by atoms with van der Waals surface area (Å²) in [6.07, 6.45) is 0. The molecule has 0 atom stereocenters. The van der Waals surface area contributed by atoms with Crippen LogP contribution in [0.4, 0.5) is 0 Å². The minimum atomic E-state index is -2.10. The van der Waals surface area contributed by atoms with Crippen LogP contribution in [0.15, 0.2) is 140 Å². The number of hydrogen-bond acceptors (Lipinski definition) is 2. The summed E-state index contributed by atoms with van der Waals surface area (Å²) >= 11 is 0. The molecule has 49 heavy (non-hydrogen) atoms. The second-order valence-electron chi connectivity index (χ2n) is 14.6. The molecule has 0 saturated carbocycles. The van der Waals surface area contributed by atoms with E-state index in [4.69, 9.17) is 9.97 Å². The van der Waals surface area contributed by atoms with Crippen molar-refractivity contribution >= 4 is 40.4 Å². The van der Waals surface area contributed by atoms with Gasteiger partial charge in [-0.3, -0.25) is 0 Å². The first kappa shape index (κ1) is 28.4. The lowest BCUT2D eigenvalue weighted by Crippen LogP contribution is -2.50. The summed E-state index contributed by atoms with van der Waals surface area (Å²) in [6, 6.07) is 50.9. The number of aromatic nitrogens is 3. The fourth-order valence-electron chi connectivity index (χ4n) is 8.74. The Morgan fingerprint density at radius 3 is 2.06 bits per heavy atom. The van der Waals surface area contributed by atoms with E-state index in [0.29, 0.717) is 0 Å². The van der Waals surface area contributed by atoms with E-state index in [1.807, 2.05) is 0 Å². The normalized spacial score (nSPS) is 14.9. The van der Waals surface area contributed by atoms with Crippen molar-refractivity contribution in [3.05, 3.63) is 151 Å². The van der Waals surface area contributed by atoms with Gasteiger partial charge in [-0.1, -0.05) is 142 Å². The van der Waals surface area contributed by atoms with Gasteiger partial charge in [-0.25, -0.2) is 9.97 Å². The van der Waals surface area contributed by atoms with Gasteiger partial charge < -0.3 is 4.57 Å². The predicted octanol–water partition coefficient (Wildman–Crippen LogP) is 10.0. The van der Waals surface area contributed by atoms with E-state index in [0.717, 1.165) is 28.3 Å². The van der Waals surface area contributed by atoms with Gasteiger partial charge in [0.25, 0.3) is 0 Å². The highest BCUT2D eigenvalue weighted by Crippen LogP contribution is 2.51. The van der Waals surface area contributed by atoms with E-state index in [9.17, 15) is 0 Å².